The summed E-state index contributed by atoms with van der Waals surface area (Å²) >= 11 is 0. The van der Waals surface area contributed by atoms with Crippen molar-refractivity contribution < 1.29 is 32.0 Å². The lowest BCUT2D eigenvalue weighted by Gasteiger charge is -2.50. The van der Waals surface area contributed by atoms with Gasteiger partial charge in [-0.1, -0.05) is 43.3 Å². The average Bonchev–Trinajstić information content (AvgIpc) is 3.28. The van der Waals surface area contributed by atoms with Gasteiger partial charge in [0.05, 0.1) is 11.1 Å². The maximum Gasteiger partial charge on any atom is 0.343 e. The quantitative estimate of drug-likeness (QED) is 0.202. The Balaban J connectivity index is 0.00000337. The zero-order chi connectivity index (χ0) is 28.1. The van der Waals surface area contributed by atoms with E-state index in [1.54, 1.807) is 18.2 Å². The van der Waals surface area contributed by atoms with Crippen LogP contribution >= 0.6 is 0 Å². The molecule has 0 amide bonds. The first kappa shape index (κ1) is 29.0. The van der Waals surface area contributed by atoms with Crippen LogP contribution in [0.15, 0.2) is 77.7 Å². The van der Waals surface area contributed by atoms with Crippen molar-refractivity contribution in [1.29, 1.82) is 0 Å². The topological polar surface area (TPSA) is 142 Å². The predicted molar refractivity (Wildman–Crippen MR) is 153 cm³/mol. The smallest absolute Gasteiger partial charge is 0.343 e. The largest absolute Gasteiger partial charge is 0.458 e. The van der Waals surface area contributed by atoms with Gasteiger partial charge in [-0.3, -0.25) is 4.55 Å². The fourth-order valence-electron chi connectivity index (χ4n) is 7.56. The minimum Gasteiger partial charge on any atom is -0.458 e. The summed E-state index contributed by atoms with van der Waals surface area (Å²) < 4.78 is 44.8. The molecule has 8 nitrogen and oxygen atoms in total. The maximum atomic E-state index is 13.1. The van der Waals surface area contributed by atoms with Crippen molar-refractivity contribution in [3.63, 3.8) is 0 Å². The Morgan fingerprint density at radius 3 is 2.39 bits per heavy atom. The molecule has 41 heavy (non-hydrogen) atoms. The molecule has 0 radical (unpaired) electrons. The van der Waals surface area contributed by atoms with Crippen LogP contribution in [0.5, 0.6) is 5.75 Å². The number of esters is 2. The third-order valence-corrected chi connectivity index (χ3v) is 10.4. The predicted octanol–water partition coefficient (Wildman–Crippen LogP) is 6.40. The van der Waals surface area contributed by atoms with E-state index in [1.165, 1.54) is 29.3 Å². The molecule has 4 N–H and O–H groups in total. The van der Waals surface area contributed by atoms with E-state index in [2.05, 4.69) is 13.0 Å². The first-order chi connectivity index (χ1) is 19.1. The zero-order valence-electron chi connectivity index (χ0n) is 23.0. The molecular formula is C32H35NO7S. The van der Waals surface area contributed by atoms with Gasteiger partial charge in [-0.2, -0.15) is 8.42 Å². The Labute approximate surface area is 240 Å². The van der Waals surface area contributed by atoms with Crippen LogP contribution in [-0.2, 0) is 21.3 Å². The van der Waals surface area contributed by atoms with E-state index in [1.807, 2.05) is 30.3 Å². The molecule has 3 unspecified atom stereocenters. The van der Waals surface area contributed by atoms with Crippen LogP contribution in [0, 0.1) is 17.3 Å². The first-order valence-electron chi connectivity index (χ1n) is 13.8. The highest BCUT2D eigenvalue weighted by Gasteiger charge is 2.56. The standard InChI is InChI=1S/C32H32O7S.H3N/c1-32-18-17-24-23-14-12-22(38-30(33)20-7-3-2-4-8-20)19-21(23)11-13-25(24)27(32)15-16-29(32)39-31(34)26-9-5-6-10-28(26)40(35,36)37;/h2-10,12,14,19,24-25,27,29H,11,13,15-18H2,1H3,(H,35,36,37);1H3/t24?,25?,27?,29-,32-;/m0./s1. The molecular weight excluding hydrogens is 542 g/mol. The molecule has 0 spiro atoms. The Morgan fingerprint density at radius 2 is 1.63 bits per heavy atom. The Morgan fingerprint density at radius 1 is 0.902 bits per heavy atom. The number of hydrogen-bond donors (Lipinski definition) is 2. The molecule has 216 valence electrons. The fraction of sp³-hybridized carbons (Fsp3) is 0.375. The van der Waals surface area contributed by atoms with Gasteiger partial charge in [0, 0.05) is 5.41 Å². The molecule has 3 aromatic rings. The summed E-state index contributed by atoms with van der Waals surface area (Å²) in [6.07, 6.45) is 5.11. The molecule has 2 fully saturated rings. The van der Waals surface area contributed by atoms with E-state index in [-0.39, 0.29) is 29.2 Å². The summed E-state index contributed by atoms with van der Waals surface area (Å²) in [5, 5.41) is 0. The highest BCUT2D eigenvalue weighted by atomic mass is 32.2. The van der Waals surface area contributed by atoms with Gasteiger partial charge in [-0.25, -0.2) is 9.59 Å². The van der Waals surface area contributed by atoms with Crippen LogP contribution in [0.4, 0.5) is 0 Å². The average molecular weight is 578 g/mol. The van der Waals surface area contributed by atoms with Crippen molar-refractivity contribution in [3.05, 3.63) is 95.1 Å². The van der Waals surface area contributed by atoms with Crippen molar-refractivity contribution in [1.82, 2.24) is 6.15 Å². The van der Waals surface area contributed by atoms with Gasteiger partial charge in [-0.05, 0) is 104 Å². The summed E-state index contributed by atoms with van der Waals surface area (Å²) in [4.78, 5) is 25.2. The third-order valence-electron chi connectivity index (χ3n) is 9.47. The number of rotatable bonds is 5. The molecule has 0 heterocycles. The third kappa shape index (κ3) is 5.29. The van der Waals surface area contributed by atoms with Gasteiger partial charge >= 0.3 is 11.9 Å². The van der Waals surface area contributed by atoms with Gasteiger partial charge in [0.2, 0.25) is 0 Å². The minimum atomic E-state index is -4.55. The Kier molecular flexibility index (Phi) is 7.80. The lowest BCUT2D eigenvalue weighted by Crippen LogP contribution is -2.45. The van der Waals surface area contributed by atoms with Gasteiger partial charge < -0.3 is 15.6 Å². The van der Waals surface area contributed by atoms with E-state index in [4.69, 9.17) is 9.47 Å². The second kappa shape index (κ2) is 11.0. The van der Waals surface area contributed by atoms with E-state index in [9.17, 15) is 22.6 Å². The summed E-state index contributed by atoms with van der Waals surface area (Å²) in [7, 11) is -4.55. The van der Waals surface area contributed by atoms with Gasteiger partial charge in [-0.15, -0.1) is 0 Å². The molecule has 9 heteroatoms. The maximum absolute atomic E-state index is 13.1. The molecule has 6 rings (SSSR count). The number of carbonyl (C=O) groups excluding carboxylic acids is 2. The van der Waals surface area contributed by atoms with Crippen molar-refractivity contribution in [2.75, 3.05) is 0 Å². The Hall–Kier alpha value is -3.53. The van der Waals surface area contributed by atoms with Crippen molar-refractivity contribution in [3.8, 4) is 5.75 Å². The van der Waals surface area contributed by atoms with Crippen molar-refractivity contribution in [2.45, 2.75) is 62.4 Å². The Bertz CT molecular complexity index is 1570. The van der Waals surface area contributed by atoms with Crippen LogP contribution in [0.25, 0.3) is 0 Å². The minimum absolute atomic E-state index is 0. The highest BCUT2D eigenvalue weighted by molar-refractivity contribution is 7.86. The zero-order valence-corrected chi connectivity index (χ0v) is 23.8. The SMILES string of the molecule is C[C@]12CCC3c4ccc(OC(=O)c5ccccc5)cc4CCC3C1CC[C@@H]2OC(=O)c1ccccc1S(=O)(=O)O.N. The van der Waals surface area contributed by atoms with Gasteiger partial charge in [0.25, 0.3) is 10.1 Å². The van der Waals surface area contributed by atoms with Crippen molar-refractivity contribution >= 4 is 22.1 Å². The second-order valence-corrected chi connectivity index (χ2v) is 12.9. The van der Waals surface area contributed by atoms with E-state index in [0.717, 1.165) is 38.5 Å². The van der Waals surface area contributed by atoms with Gasteiger partial charge in [0.1, 0.15) is 16.7 Å². The monoisotopic (exact) mass is 577 g/mol. The fourth-order valence-corrected chi connectivity index (χ4v) is 8.24. The summed E-state index contributed by atoms with van der Waals surface area (Å²) in [5.74, 6) is 0.713. The normalized spacial score (nSPS) is 26.5. The lowest BCUT2D eigenvalue weighted by molar-refractivity contribution is -0.0430. The molecule has 3 aliphatic carbocycles. The van der Waals surface area contributed by atoms with Crippen LogP contribution in [0.2, 0.25) is 0 Å². The highest BCUT2D eigenvalue weighted by Crippen LogP contribution is 2.61. The lowest BCUT2D eigenvalue weighted by atomic mass is 9.55. The van der Waals surface area contributed by atoms with E-state index >= 15 is 0 Å². The molecule has 2 saturated carbocycles. The van der Waals surface area contributed by atoms with Crippen LogP contribution in [0.1, 0.15) is 76.8 Å². The number of benzene rings is 3. The van der Waals surface area contributed by atoms with Crippen LogP contribution in [-0.4, -0.2) is 31.0 Å². The molecule has 0 saturated heterocycles. The molecule has 0 aliphatic heterocycles. The number of hydrogen-bond acceptors (Lipinski definition) is 7. The summed E-state index contributed by atoms with van der Waals surface area (Å²) in [5.41, 5.74) is 2.73. The van der Waals surface area contributed by atoms with Crippen LogP contribution < -0.4 is 10.9 Å². The van der Waals surface area contributed by atoms with Crippen molar-refractivity contribution in [2.24, 2.45) is 17.3 Å². The first-order valence-corrected chi connectivity index (χ1v) is 15.3. The van der Waals surface area contributed by atoms with Gasteiger partial charge in [0.15, 0.2) is 0 Å². The molecule has 3 aromatic carbocycles. The molecule has 0 aromatic heterocycles. The van der Waals surface area contributed by atoms with E-state index < -0.39 is 21.0 Å². The van der Waals surface area contributed by atoms with Crippen LogP contribution in [0.3, 0.4) is 0 Å². The number of fused-ring (bicyclic) bond motifs is 5. The molecule has 3 aliphatic rings. The number of carbonyl (C=O) groups is 2. The molecule has 5 atom stereocenters. The summed E-state index contributed by atoms with van der Waals surface area (Å²) in [6.45, 7) is 2.20. The van der Waals surface area contributed by atoms with E-state index in [0.29, 0.717) is 29.1 Å². The number of aryl methyl sites for hydroxylation is 1. The second-order valence-electron chi connectivity index (χ2n) is 11.5. The summed E-state index contributed by atoms with van der Waals surface area (Å²) in [6, 6.07) is 20.6. The number of ether oxygens (including phenoxy) is 2. The molecule has 0 bridgehead atoms.